The van der Waals surface area contributed by atoms with Crippen LogP contribution in [-0.4, -0.2) is 21.6 Å². The van der Waals surface area contributed by atoms with Crippen LogP contribution in [0.25, 0.3) is 0 Å². The van der Waals surface area contributed by atoms with Gasteiger partial charge in [0.2, 0.25) is 0 Å². The molecule has 8 nitrogen and oxygen atoms in total. The molecular formula is C16H18N4O4. The van der Waals surface area contributed by atoms with Gasteiger partial charge >= 0.3 is 6.09 Å². The number of amides is 1. The number of benzene rings is 1. The quantitative estimate of drug-likeness (QED) is 0.646. The van der Waals surface area contributed by atoms with Crippen LogP contribution in [0.2, 0.25) is 0 Å². The van der Waals surface area contributed by atoms with Crippen LogP contribution >= 0.6 is 0 Å². The first-order chi connectivity index (χ1) is 11.2. The lowest BCUT2D eigenvalue weighted by molar-refractivity contribution is -0.384. The van der Waals surface area contributed by atoms with Crippen molar-refractivity contribution in [1.82, 2.24) is 4.98 Å². The van der Waals surface area contributed by atoms with Crippen LogP contribution in [0, 0.1) is 10.1 Å². The summed E-state index contributed by atoms with van der Waals surface area (Å²) >= 11 is 0. The maximum absolute atomic E-state index is 11.7. The first-order valence-corrected chi connectivity index (χ1v) is 7.20. The highest BCUT2D eigenvalue weighted by Gasteiger charge is 2.16. The van der Waals surface area contributed by atoms with Gasteiger partial charge in [-0.3, -0.25) is 15.4 Å². The maximum atomic E-state index is 11.7. The van der Waals surface area contributed by atoms with E-state index in [1.54, 1.807) is 45.0 Å². The van der Waals surface area contributed by atoms with E-state index in [-0.39, 0.29) is 5.69 Å². The van der Waals surface area contributed by atoms with Crippen molar-refractivity contribution in [2.75, 3.05) is 10.6 Å². The minimum atomic E-state index is -0.599. The SMILES string of the molecule is CC(C)(C)OC(=O)Nc1cc(Nc2ccc([N+](=O)[O-])cc2)ccn1. The zero-order valence-electron chi connectivity index (χ0n) is 13.6. The Bertz CT molecular complexity index is 738. The van der Waals surface area contributed by atoms with Crippen molar-refractivity contribution in [2.24, 2.45) is 0 Å². The van der Waals surface area contributed by atoms with E-state index < -0.39 is 16.6 Å². The van der Waals surface area contributed by atoms with Gasteiger partial charge in [-0.15, -0.1) is 0 Å². The number of hydrogen-bond acceptors (Lipinski definition) is 6. The summed E-state index contributed by atoms with van der Waals surface area (Å²) in [5, 5.41) is 16.3. The molecule has 0 saturated heterocycles. The number of carbonyl (C=O) groups is 1. The molecule has 0 bridgehead atoms. The van der Waals surface area contributed by atoms with Crippen molar-refractivity contribution in [1.29, 1.82) is 0 Å². The van der Waals surface area contributed by atoms with E-state index >= 15 is 0 Å². The summed E-state index contributed by atoms with van der Waals surface area (Å²) in [5.74, 6) is 0.330. The minimum absolute atomic E-state index is 0.0163. The molecule has 24 heavy (non-hydrogen) atoms. The fourth-order valence-electron chi connectivity index (χ4n) is 1.82. The molecule has 0 aliphatic carbocycles. The molecule has 0 aliphatic rings. The Morgan fingerprint density at radius 1 is 1.17 bits per heavy atom. The average molecular weight is 330 g/mol. The number of non-ortho nitro benzene ring substituents is 1. The van der Waals surface area contributed by atoms with Gasteiger partial charge in [-0.25, -0.2) is 9.78 Å². The predicted octanol–water partition coefficient (Wildman–Crippen LogP) is 4.08. The fourth-order valence-corrected chi connectivity index (χ4v) is 1.82. The molecule has 0 radical (unpaired) electrons. The molecule has 0 aliphatic heterocycles. The van der Waals surface area contributed by atoms with Crippen molar-refractivity contribution in [3.63, 3.8) is 0 Å². The molecule has 0 saturated carbocycles. The number of nitro benzene ring substituents is 1. The number of hydrogen-bond donors (Lipinski definition) is 2. The lowest BCUT2D eigenvalue weighted by Gasteiger charge is -2.19. The predicted molar refractivity (Wildman–Crippen MR) is 90.5 cm³/mol. The van der Waals surface area contributed by atoms with Gasteiger partial charge in [0.15, 0.2) is 0 Å². The Balaban J connectivity index is 2.04. The number of nitrogens with zero attached hydrogens (tertiary/aromatic N) is 2. The first-order valence-electron chi connectivity index (χ1n) is 7.20. The van der Waals surface area contributed by atoms with E-state index in [0.29, 0.717) is 17.2 Å². The van der Waals surface area contributed by atoms with E-state index in [1.165, 1.54) is 18.3 Å². The molecular weight excluding hydrogens is 312 g/mol. The van der Waals surface area contributed by atoms with Gasteiger partial charge in [-0.2, -0.15) is 0 Å². The van der Waals surface area contributed by atoms with Gasteiger partial charge in [0.05, 0.1) is 4.92 Å². The van der Waals surface area contributed by atoms with Crippen LogP contribution in [0.3, 0.4) is 0 Å². The summed E-state index contributed by atoms with van der Waals surface area (Å²) in [7, 11) is 0. The molecule has 0 fully saturated rings. The molecule has 0 atom stereocenters. The third kappa shape index (κ3) is 5.24. The number of nitro groups is 1. The van der Waals surface area contributed by atoms with Crippen molar-refractivity contribution in [3.8, 4) is 0 Å². The zero-order valence-corrected chi connectivity index (χ0v) is 13.6. The third-order valence-electron chi connectivity index (χ3n) is 2.76. The highest BCUT2D eigenvalue weighted by molar-refractivity contribution is 5.84. The normalized spacial score (nSPS) is 10.8. The molecule has 0 unspecified atom stereocenters. The van der Waals surface area contributed by atoms with Gasteiger partial charge in [0.25, 0.3) is 5.69 Å². The van der Waals surface area contributed by atoms with Gasteiger partial charge in [0.1, 0.15) is 11.4 Å². The van der Waals surface area contributed by atoms with Crippen LogP contribution in [0.15, 0.2) is 42.6 Å². The largest absolute Gasteiger partial charge is 0.444 e. The monoisotopic (exact) mass is 330 g/mol. The number of carbonyl (C=O) groups excluding carboxylic acids is 1. The van der Waals surface area contributed by atoms with Crippen LogP contribution in [-0.2, 0) is 4.74 Å². The van der Waals surface area contributed by atoms with Gasteiger partial charge in [-0.1, -0.05) is 0 Å². The summed E-state index contributed by atoms with van der Waals surface area (Å²) in [5.41, 5.74) is 0.765. The molecule has 1 aromatic carbocycles. The number of ether oxygens (including phenoxy) is 1. The molecule has 2 aromatic rings. The molecule has 1 heterocycles. The highest BCUT2D eigenvalue weighted by Crippen LogP contribution is 2.21. The van der Waals surface area contributed by atoms with Crippen molar-refractivity contribution in [2.45, 2.75) is 26.4 Å². The number of anilines is 3. The summed E-state index contributed by atoms with van der Waals surface area (Å²) < 4.78 is 5.16. The second kappa shape index (κ2) is 6.95. The first kappa shape index (κ1) is 17.2. The number of rotatable bonds is 4. The summed E-state index contributed by atoms with van der Waals surface area (Å²) in [4.78, 5) is 26.0. The van der Waals surface area contributed by atoms with Crippen LogP contribution in [0.5, 0.6) is 0 Å². The summed E-state index contributed by atoms with van der Waals surface area (Å²) in [6.07, 6.45) is 0.933. The Kier molecular flexibility index (Phi) is 4.98. The van der Waals surface area contributed by atoms with E-state index in [1.807, 2.05) is 0 Å². The lowest BCUT2D eigenvalue weighted by atomic mass is 10.2. The topological polar surface area (TPSA) is 106 Å². The van der Waals surface area contributed by atoms with E-state index in [2.05, 4.69) is 15.6 Å². The standard InChI is InChI=1S/C16H18N4O4/c1-16(2,3)24-15(21)19-14-10-12(8-9-17-14)18-11-4-6-13(7-5-11)20(22)23/h4-10H,1-3H3,(H2,17,18,19,21). The Hall–Kier alpha value is -3.16. The number of nitrogens with one attached hydrogen (secondary N) is 2. The van der Waals surface area contributed by atoms with Crippen molar-refractivity contribution in [3.05, 3.63) is 52.7 Å². The van der Waals surface area contributed by atoms with Crippen LogP contribution in [0.1, 0.15) is 20.8 Å². The van der Waals surface area contributed by atoms with E-state index in [0.717, 1.165) is 0 Å². The molecule has 1 amide bonds. The molecule has 0 spiro atoms. The van der Waals surface area contributed by atoms with Crippen LogP contribution < -0.4 is 10.6 Å². The average Bonchev–Trinajstić information content (AvgIpc) is 2.46. The second-order valence-electron chi connectivity index (χ2n) is 5.99. The molecule has 1 aromatic heterocycles. The number of aromatic nitrogens is 1. The second-order valence-corrected chi connectivity index (χ2v) is 5.99. The van der Waals surface area contributed by atoms with E-state index in [4.69, 9.17) is 4.74 Å². The zero-order chi connectivity index (χ0) is 17.7. The lowest BCUT2D eigenvalue weighted by Crippen LogP contribution is -2.27. The van der Waals surface area contributed by atoms with Gasteiger partial charge in [-0.05, 0) is 39.0 Å². The molecule has 2 rings (SSSR count). The third-order valence-corrected chi connectivity index (χ3v) is 2.76. The Labute approximate surface area is 139 Å². The summed E-state index contributed by atoms with van der Waals surface area (Å²) in [6, 6.07) is 9.35. The molecule has 2 N–H and O–H groups in total. The van der Waals surface area contributed by atoms with E-state index in [9.17, 15) is 14.9 Å². The summed E-state index contributed by atoms with van der Waals surface area (Å²) in [6.45, 7) is 5.31. The van der Waals surface area contributed by atoms with Gasteiger partial charge in [0, 0.05) is 35.8 Å². The fraction of sp³-hybridized carbons (Fsp3) is 0.250. The highest BCUT2D eigenvalue weighted by atomic mass is 16.6. The Morgan fingerprint density at radius 2 is 1.83 bits per heavy atom. The van der Waals surface area contributed by atoms with Crippen LogP contribution in [0.4, 0.5) is 27.7 Å². The van der Waals surface area contributed by atoms with Crippen molar-refractivity contribution >= 4 is 29.0 Å². The Morgan fingerprint density at radius 3 is 2.42 bits per heavy atom. The number of pyridine rings is 1. The van der Waals surface area contributed by atoms with Crippen molar-refractivity contribution < 1.29 is 14.5 Å². The molecule has 8 heteroatoms. The molecule has 126 valence electrons. The maximum Gasteiger partial charge on any atom is 0.413 e. The minimum Gasteiger partial charge on any atom is -0.444 e. The van der Waals surface area contributed by atoms with Gasteiger partial charge < -0.3 is 10.1 Å². The smallest absolute Gasteiger partial charge is 0.413 e.